The molecule has 0 aliphatic carbocycles. The van der Waals surface area contributed by atoms with Crippen LogP contribution in [0.4, 0.5) is 11.4 Å². The lowest BCUT2D eigenvalue weighted by Gasteiger charge is -2.18. The minimum atomic E-state index is -0.586. The number of carbonyl (C=O) groups excluding carboxylic acids is 3. The molecule has 0 bridgehead atoms. The molecule has 0 aromatic heterocycles. The molecule has 0 fully saturated rings. The molecule has 1 unspecified atom stereocenters. The molecule has 3 N–H and O–H groups in total. The Hall–Kier alpha value is -5.80. The van der Waals surface area contributed by atoms with Crippen LogP contribution in [0.15, 0.2) is 144 Å². The Kier molecular flexibility index (Phi) is 11.7. The molecular weight excluding hydrogens is 623 g/mol. The summed E-state index contributed by atoms with van der Waals surface area (Å²) in [5, 5.41) is 8.09. The van der Waals surface area contributed by atoms with Gasteiger partial charge in [0.1, 0.15) is 22.4 Å². The molecule has 8 nitrogen and oxygen atoms in total. The molecule has 48 heavy (non-hydrogen) atoms. The smallest absolute Gasteiger partial charge is 0.272 e. The van der Waals surface area contributed by atoms with Gasteiger partial charge in [-0.3, -0.25) is 14.4 Å². The maximum Gasteiger partial charge on any atom is 0.272 e. The van der Waals surface area contributed by atoms with Gasteiger partial charge in [-0.05, 0) is 90.9 Å². The molecule has 0 aliphatic heterocycles. The molecule has 1 atom stereocenters. The first-order chi connectivity index (χ1) is 23.4. The zero-order chi connectivity index (χ0) is 33.7. The van der Waals surface area contributed by atoms with Gasteiger partial charge in [0.05, 0.1) is 13.7 Å². The highest BCUT2D eigenvalue weighted by molar-refractivity contribution is 8.00. The van der Waals surface area contributed by atoms with Gasteiger partial charge in [-0.25, -0.2) is 0 Å². The van der Waals surface area contributed by atoms with Crippen molar-refractivity contribution in [1.29, 1.82) is 0 Å². The summed E-state index contributed by atoms with van der Waals surface area (Å²) in [7, 11) is 1.56. The summed E-state index contributed by atoms with van der Waals surface area (Å²) in [4.78, 5) is 41.1. The van der Waals surface area contributed by atoms with Crippen molar-refractivity contribution >= 4 is 46.9 Å². The van der Waals surface area contributed by atoms with Crippen molar-refractivity contribution in [3.63, 3.8) is 0 Å². The predicted molar refractivity (Wildman–Crippen MR) is 191 cm³/mol. The number of carbonyl (C=O) groups is 3. The standard InChI is InChI=1S/C39H35N3O5S/c1-3-47-32-22-20-30(21-23-32)40-39(45)36(28-13-6-4-7-14-28)48-34-19-11-17-31(26-34)41-38(44)35(25-27-12-10-18-33(24-27)46-2)42-37(43)29-15-8-5-9-16-29/h4-26,36H,3H2,1-2H3,(H,40,45)(H,41,44)(H,42,43)/b35-25-. The number of rotatable bonds is 13. The molecule has 0 aliphatic rings. The van der Waals surface area contributed by atoms with E-state index in [0.717, 1.165) is 16.2 Å². The van der Waals surface area contributed by atoms with Gasteiger partial charge in [0.25, 0.3) is 11.8 Å². The van der Waals surface area contributed by atoms with E-state index < -0.39 is 17.1 Å². The minimum Gasteiger partial charge on any atom is -0.497 e. The van der Waals surface area contributed by atoms with E-state index in [-0.39, 0.29) is 11.6 Å². The van der Waals surface area contributed by atoms with Crippen LogP contribution in [0.2, 0.25) is 0 Å². The molecule has 5 aromatic carbocycles. The maximum absolute atomic E-state index is 13.7. The van der Waals surface area contributed by atoms with Crippen LogP contribution >= 0.6 is 11.8 Å². The van der Waals surface area contributed by atoms with Crippen molar-refractivity contribution in [3.8, 4) is 11.5 Å². The second-order valence-electron chi connectivity index (χ2n) is 10.5. The third-order valence-electron chi connectivity index (χ3n) is 7.05. The largest absolute Gasteiger partial charge is 0.497 e. The van der Waals surface area contributed by atoms with Crippen molar-refractivity contribution in [2.24, 2.45) is 0 Å². The van der Waals surface area contributed by atoms with Crippen LogP contribution < -0.4 is 25.4 Å². The lowest BCUT2D eigenvalue weighted by atomic mass is 10.1. The van der Waals surface area contributed by atoms with E-state index in [0.29, 0.717) is 34.9 Å². The number of nitrogens with one attached hydrogen (secondary N) is 3. The van der Waals surface area contributed by atoms with E-state index in [4.69, 9.17) is 9.47 Å². The first kappa shape index (κ1) is 33.6. The van der Waals surface area contributed by atoms with E-state index in [9.17, 15) is 14.4 Å². The van der Waals surface area contributed by atoms with Gasteiger partial charge >= 0.3 is 0 Å². The molecule has 5 aromatic rings. The summed E-state index contributed by atoms with van der Waals surface area (Å²) in [6.07, 6.45) is 1.59. The Balaban J connectivity index is 1.36. The molecule has 0 saturated carbocycles. The Morgan fingerprint density at radius 1 is 0.729 bits per heavy atom. The average Bonchev–Trinajstić information content (AvgIpc) is 3.12. The highest BCUT2D eigenvalue weighted by Gasteiger charge is 2.23. The Morgan fingerprint density at radius 3 is 2.15 bits per heavy atom. The van der Waals surface area contributed by atoms with Crippen LogP contribution in [0.1, 0.15) is 33.7 Å². The van der Waals surface area contributed by atoms with Crippen molar-refractivity contribution < 1.29 is 23.9 Å². The number of benzene rings is 5. The number of methoxy groups -OCH3 is 1. The lowest BCUT2D eigenvalue weighted by Crippen LogP contribution is -2.30. The predicted octanol–water partition coefficient (Wildman–Crippen LogP) is 7.98. The molecule has 5 rings (SSSR count). The van der Waals surface area contributed by atoms with E-state index in [1.165, 1.54) is 11.8 Å². The average molecular weight is 658 g/mol. The molecule has 3 amide bonds. The van der Waals surface area contributed by atoms with Crippen molar-refractivity contribution in [2.45, 2.75) is 17.1 Å². The number of amides is 3. The zero-order valence-corrected chi connectivity index (χ0v) is 27.3. The summed E-state index contributed by atoms with van der Waals surface area (Å²) in [6, 6.07) is 39.8. The fourth-order valence-corrected chi connectivity index (χ4v) is 5.82. The summed E-state index contributed by atoms with van der Waals surface area (Å²) in [5.74, 6) is 0.203. The van der Waals surface area contributed by atoms with E-state index >= 15 is 0 Å². The fourth-order valence-electron chi connectivity index (χ4n) is 4.73. The SMILES string of the molecule is CCOc1ccc(NC(=O)C(Sc2cccc(NC(=O)/C(=C/c3cccc(OC)c3)NC(=O)c3ccccc3)c2)c2ccccc2)cc1. The van der Waals surface area contributed by atoms with Crippen LogP contribution in [-0.2, 0) is 9.59 Å². The van der Waals surface area contributed by atoms with E-state index in [2.05, 4.69) is 16.0 Å². The molecular formula is C39H35N3O5S. The normalized spacial score (nSPS) is 11.6. The second-order valence-corrected chi connectivity index (χ2v) is 11.7. The van der Waals surface area contributed by atoms with Crippen LogP contribution in [0, 0.1) is 0 Å². The monoisotopic (exact) mass is 657 g/mol. The van der Waals surface area contributed by atoms with Crippen molar-refractivity contribution in [2.75, 3.05) is 24.4 Å². The first-order valence-electron chi connectivity index (χ1n) is 15.3. The number of hydrogen-bond acceptors (Lipinski definition) is 6. The van der Waals surface area contributed by atoms with Gasteiger partial charge in [-0.15, -0.1) is 11.8 Å². The van der Waals surface area contributed by atoms with E-state index in [1.54, 1.807) is 86.0 Å². The Labute approximate surface area is 284 Å². The maximum atomic E-state index is 13.7. The Bertz CT molecular complexity index is 1880. The second kappa shape index (κ2) is 16.7. The van der Waals surface area contributed by atoms with Gasteiger partial charge < -0.3 is 25.4 Å². The summed E-state index contributed by atoms with van der Waals surface area (Å²) in [6.45, 7) is 2.47. The van der Waals surface area contributed by atoms with Crippen molar-refractivity contribution in [1.82, 2.24) is 5.32 Å². The Morgan fingerprint density at radius 2 is 1.44 bits per heavy atom. The molecule has 0 saturated heterocycles. The number of ether oxygens (including phenoxy) is 2. The zero-order valence-electron chi connectivity index (χ0n) is 26.5. The highest BCUT2D eigenvalue weighted by Crippen LogP contribution is 2.37. The third-order valence-corrected chi connectivity index (χ3v) is 8.30. The topological polar surface area (TPSA) is 106 Å². The molecule has 0 heterocycles. The van der Waals surface area contributed by atoms with Gasteiger partial charge in [-0.2, -0.15) is 0 Å². The first-order valence-corrected chi connectivity index (χ1v) is 16.2. The highest BCUT2D eigenvalue weighted by atomic mass is 32.2. The van der Waals surface area contributed by atoms with Gasteiger partial charge in [0.2, 0.25) is 5.91 Å². The summed E-state index contributed by atoms with van der Waals surface area (Å²) >= 11 is 1.36. The van der Waals surface area contributed by atoms with Gasteiger partial charge in [-0.1, -0.05) is 66.7 Å². The van der Waals surface area contributed by atoms with Gasteiger partial charge in [0.15, 0.2) is 0 Å². The molecule has 9 heteroatoms. The number of hydrogen-bond donors (Lipinski definition) is 3. The van der Waals surface area contributed by atoms with Crippen LogP contribution in [0.5, 0.6) is 11.5 Å². The van der Waals surface area contributed by atoms with Crippen LogP contribution in [0.25, 0.3) is 6.08 Å². The lowest BCUT2D eigenvalue weighted by molar-refractivity contribution is -0.116. The van der Waals surface area contributed by atoms with Crippen molar-refractivity contribution in [3.05, 3.63) is 156 Å². The quantitative estimate of drug-likeness (QED) is 0.0876. The van der Waals surface area contributed by atoms with E-state index in [1.807, 2.05) is 67.6 Å². The van der Waals surface area contributed by atoms with Crippen LogP contribution in [-0.4, -0.2) is 31.4 Å². The van der Waals surface area contributed by atoms with Gasteiger partial charge in [0, 0.05) is 21.8 Å². The summed E-state index contributed by atoms with van der Waals surface area (Å²) < 4.78 is 10.8. The molecule has 242 valence electrons. The minimum absolute atomic E-state index is 0.0482. The van der Waals surface area contributed by atoms with Crippen LogP contribution in [0.3, 0.4) is 0 Å². The third kappa shape index (κ3) is 9.37. The number of anilines is 2. The summed E-state index contributed by atoms with van der Waals surface area (Å²) in [5.41, 5.74) is 3.10. The number of thioether (sulfide) groups is 1. The molecule has 0 spiro atoms. The molecule has 0 radical (unpaired) electrons. The fraction of sp³-hybridized carbons (Fsp3) is 0.103.